The van der Waals surface area contributed by atoms with Gasteiger partial charge in [0, 0.05) is 18.5 Å². The van der Waals surface area contributed by atoms with E-state index in [4.69, 9.17) is 0 Å². The normalized spacial score (nSPS) is 35.3. The Morgan fingerprint density at radius 3 is 2.57 bits per heavy atom. The molecule has 0 saturated carbocycles. The lowest BCUT2D eigenvalue weighted by molar-refractivity contribution is -0.137. The SMILES string of the molecule is C[C@H]1CN(C2CCNCC2)C(=O)[C@@H]1O. The van der Waals surface area contributed by atoms with Crippen LogP contribution in [0.5, 0.6) is 0 Å². The average Bonchev–Trinajstić information content (AvgIpc) is 2.47. The molecular weight excluding hydrogens is 180 g/mol. The molecule has 2 atom stereocenters. The lowest BCUT2D eigenvalue weighted by Crippen LogP contribution is -2.44. The Morgan fingerprint density at radius 1 is 1.43 bits per heavy atom. The number of nitrogens with one attached hydrogen (secondary N) is 1. The number of nitrogens with zero attached hydrogens (tertiary/aromatic N) is 1. The fourth-order valence-corrected chi connectivity index (χ4v) is 2.36. The summed E-state index contributed by atoms with van der Waals surface area (Å²) in [6, 6.07) is 0.350. The van der Waals surface area contributed by atoms with Crippen molar-refractivity contribution in [3.63, 3.8) is 0 Å². The molecular formula is C10H18N2O2. The molecule has 0 spiro atoms. The molecule has 0 radical (unpaired) electrons. The van der Waals surface area contributed by atoms with Gasteiger partial charge < -0.3 is 15.3 Å². The average molecular weight is 198 g/mol. The van der Waals surface area contributed by atoms with Crippen LogP contribution in [0.15, 0.2) is 0 Å². The van der Waals surface area contributed by atoms with E-state index in [0.717, 1.165) is 32.5 Å². The summed E-state index contributed by atoms with van der Waals surface area (Å²) in [6.45, 7) is 4.63. The second-order valence-corrected chi connectivity index (χ2v) is 4.39. The Morgan fingerprint density at radius 2 is 2.07 bits per heavy atom. The second kappa shape index (κ2) is 3.87. The molecule has 2 saturated heterocycles. The van der Waals surface area contributed by atoms with Gasteiger partial charge in [-0.15, -0.1) is 0 Å². The number of hydrogen-bond acceptors (Lipinski definition) is 3. The molecule has 0 aromatic heterocycles. The van der Waals surface area contributed by atoms with Gasteiger partial charge in [0.15, 0.2) is 0 Å². The molecule has 0 aliphatic carbocycles. The van der Waals surface area contributed by atoms with Crippen molar-refractivity contribution < 1.29 is 9.90 Å². The van der Waals surface area contributed by atoms with Crippen molar-refractivity contribution in [2.75, 3.05) is 19.6 Å². The van der Waals surface area contributed by atoms with E-state index in [1.165, 1.54) is 0 Å². The van der Waals surface area contributed by atoms with Gasteiger partial charge in [0.1, 0.15) is 6.10 Å². The van der Waals surface area contributed by atoms with Gasteiger partial charge in [-0.05, 0) is 25.9 Å². The Hall–Kier alpha value is -0.610. The molecule has 0 aromatic rings. The first-order valence-electron chi connectivity index (χ1n) is 5.39. The molecule has 2 heterocycles. The molecule has 14 heavy (non-hydrogen) atoms. The van der Waals surface area contributed by atoms with E-state index in [0.29, 0.717) is 6.04 Å². The lowest BCUT2D eigenvalue weighted by atomic mass is 10.1. The van der Waals surface area contributed by atoms with E-state index in [9.17, 15) is 9.90 Å². The summed E-state index contributed by atoms with van der Waals surface area (Å²) in [5.74, 6) is 0.0294. The van der Waals surface area contributed by atoms with Crippen LogP contribution in [0.3, 0.4) is 0 Å². The summed E-state index contributed by atoms with van der Waals surface area (Å²) in [4.78, 5) is 13.5. The molecule has 4 heteroatoms. The Balaban J connectivity index is 2.00. The number of aliphatic hydroxyl groups is 1. The van der Waals surface area contributed by atoms with E-state index in [2.05, 4.69) is 5.32 Å². The van der Waals surface area contributed by atoms with E-state index in [1.807, 2.05) is 11.8 Å². The minimum Gasteiger partial charge on any atom is -0.383 e. The van der Waals surface area contributed by atoms with Crippen molar-refractivity contribution in [2.45, 2.75) is 31.9 Å². The van der Waals surface area contributed by atoms with Gasteiger partial charge in [-0.3, -0.25) is 4.79 Å². The maximum atomic E-state index is 11.7. The molecule has 0 bridgehead atoms. The van der Waals surface area contributed by atoms with Crippen molar-refractivity contribution in [1.29, 1.82) is 0 Å². The fraction of sp³-hybridized carbons (Fsp3) is 0.900. The van der Waals surface area contributed by atoms with Crippen LogP contribution in [0.1, 0.15) is 19.8 Å². The summed E-state index contributed by atoms with van der Waals surface area (Å²) in [7, 11) is 0. The Kier molecular flexibility index (Phi) is 2.74. The quantitative estimate of drug-likeness (QED) is 0.601. The first-order chi connectivity index (χ1) is 6.70. The number of hydrogen-bond donors (Lipinski definition) is 2. The molecule has 0 unspecified atom stereocenters. The maximum Gasteiger partial charge on any atom is 0.252 e. The van der Waals surface area contributed by atoms with Gasteiger partial charge in [0.2, 0.25) is 0 Å². The van der Waals surface area contributed by atoms with Gasteiger partial charge in [-0.25, -0.2) is 0 Å². The van der Waals surface area contributed by atoms with Crippen molar-refractivity contribution in [2.24, 2.45) is 5.92 Å². The standard InChI is InChI=1S/C10H18N2O2/c1-7-6-12(10(14)9(7)13)8-2-4-11-5-3-8/h7-9,11,13H,2-6H2,1H3/t7-,9+/m0/s1. The smallest absolute Gasteiger partial charge is 0.252 e. The first-order valence-corrected chi connectivity index (χ1v) is 5.39. The second-order valence-electron chi connectivity index (χ2n) is 4.39. The highest BCUT2D eigenvalue weighted by Gasteiger charge is 2.39. The van der Waals surface area contributed by atoms with Crippen LogP contribution in [0.2, 0.25) is 0 Å². The number of amides is 1. The van der Waals surface area contributed by atoms with E-state index in [-0.39, 0.29) is 11.8 Å². The Labute approximate surface area is 84.3 Å². The summed E-state index contributed by atoms with van der Waals surface area (Å²) >= 11 is 0. The van der Waals surface area contributed by atoms with Crippen molar-refractivity contribution in [3.05, 3.63) is 0 Å². The number of rotatable bonds is 1. The minimum atomic E-state index is -0.759. The summed E-state index contributed by atoms with van der Waals surface area (Å²) in [5, 5.41) is 12.8. The van der Waals surface area contributed by atoms with Crippen molar-refractivity contribution in [3.8, 4) is 0 Å². The van der Waals surface area contributed by atoms with E-state index < -0.39 is 6.10 Å². The van der Waals surface area contributed by atoms with E-state index >= 15 is 0 Å². The minimum absolute atomic E-state index is 0.0654. The summed E-state index contributed by atoms with van der Waals surface area (Å²) in [6.07, 6.45) is 1.28. The van der Waals surface area contributed by atoms with Crippen LogP contribution in [0.25, 0.3) is 0 Å². The molecule has 2 rings (SSSR count). The largest absolute Gasteiger partial charge is 0.383 e. The zero-order valence-electron chi connectivity index (χ0n) is 8.57. The van der Waals surface area contributed by atoms with Crippen molar-refractivity contribution >= 4 is 5.91 Å². The zero-order valence-corrected chi connectivity index (χ0v) is 8.57. The predicted molar refractivity (Wildman–Crippen MR) is 52.8 cm³/mol. The molecule has 80 valence electrons. The number of carbonyl (C=O) groups is 1. The van der Waals surface area contributed by atoms with Crippen LogP contribution in [-0.2, 0) is 4.79 Å². The molecule has 0 aromatic carbocycles. The summed E-state index contributed by atoms with van der Waals surface area (Å²) < 4.78 is 0. The van der Waals surface area contributed by atoms with Gasteiger partial charge in [0.05, 0.1) is 0 Å². The van der Waals surface area contributed by atoms with Gasteiger partial charge in [0.25, 0.3) is 5.91 Å². The van der Waals surface area contributed by atoms with Crippen LogP contribution in [0, 0.1) is 5.92 Å². The van der Waals surface area contributed by atoms with Gasteiger partial charge >= 0.3 is 0 Å². The van der Waals surface area contributed by atoms with Crippen LogP contribution in [-0.4, -0.2) is 47.7 Å². The molecule has 2 N–H and O–H groups in total. The number of likely N-dealkylation sites (tertiary alicyclic amines) is 1. The lowest BCUT2D eigenvalue weighted by Gasteiger charge is -2.31. The number of piperidine rings is 1. The highest BCUT2D eigenvalue weighted by atomic mass is 16.3. The predicted octanol–water partition coefficient (Wildman–Crippen LogP) is -0.422. The highest BCUT2D eigenvalue weighted by Crippen LogP contribution is 2.23. The summed E-state index contributed by atoms with van der Waals surface area (Å²) in [5.41, 5.74) is 0. The number of carbonyl (C=O) groups excluding carboxylic acids is 1. The monoisotopic (exact) mass is 198 g/mol. The van der Waals surface area contributed by atoms with Crippen LogP contribution in [0.4, 0.5) is 0 Å². The molecule has 2 aliphatic heterocycles. The van der Waals surface area contributed by atoms with Crippen molar-refractivity contribution in [1.82, 2.24) is 10.2 Å². The molecule has 2 aliphatic rings. The zero-order chi connectivity index (χ0) is 10.1. The van der Waals surface area contributed by atoms with Crippen LogP contribution >= 0.6 is 0 Å². The van der Waals surface area contributed by atoms with Gasteiger partial charge in [-0.1, -0.05) is 6.92 Å². The third-order valence-electron chi connectivity index (χ3n) is 3.31. The highest BCUT2D eigenvalue weighted by molar-refractivity contribution is 5.83. The Bertz CT molecular complexity index is 226. The third kappa shape index (κ3) is 1.64. The van der Waals surface area contributed by atoms with Gasteiger partial charge in [-0.2, -0.15) is 0 Å². The fourth-order valence-electron chi connectivity index (χ4n) is 2.36. The number of aliphatic hydroxyl groups excluding tert-OH is 1. The third-order valence-corrected chi connectivity index (χ3v) is 3.31. The molecule has 2 fully saturated rings. The first kappa shape index (κ1) is 9.93. The van der Waals surface area contributed by atoms with Crippen LogP contribution < -0.4 is 5.32 Å². The topological polar surface area (TPSA) is 52.6 Å². The molecule has 1 amide bonds. The molecule has 4 nitrogen and oxygen atoms in total. The maximum absolute atomic E-state index is 11.7. The van der Waals surface area contributed by atoms with E-state index in [1.54, 1.807) is 0 Å².